The fraction of sp³-hybridized carbons (Fsp3) is 0.585. The zero-order valence-electron chi connectivity index (χ0n) is 36.2. The number of para-hydroxylation sites is 1. The number of amides is 9. The molecule has 23 heteroatoms. The first-order valence-corrected chi connectivity index (χ1v) is 21.9. The number of aliphatic hydroxyl groups excluding tert-OH is 3. The lowest BCUT2D eigenvalue weighted by Crippen LogP contribution is -2.63. The highest BCUT2D eigenvalue weighted by atomic mass is 32.2. The number of fused-ring (bicyclic) bond motifs is 5. The van der Waals surface area contributed by atoms with Gasteiger partial charge in [0.2, 0.25) is 53.2 Å². The van der Waals surface area contributed by atoms with Gasteiger partial charge in [-0.25, -0.2) is 0 Å². The standard InChI is InChI=1S/C41H58N10O12S/c1-6-18(2)31-36(60)44-15-30(57)49-33-38(62)46-25(13-28(42)55)40(63)51-16-20(53)11-26(51)35(59)50-32(19(3)27(54)17-52)37(61)45-24(34(58)43-14-29(56)48-31)12-22-21-9-7-8-10-23(21)47-39(22)64-41(33,4)5/h7-10,18-20,24-27,31-33,47,52-54H,6,11-17H2,1-5H3,(H2,42,55)(H,43,58)(H,44,60)(H,45,61)(H,46,62)(H,48,56)(H,49,57)(H,50,59)/t18-,19-,20+,24-,25-,26-,27-,31-,32-,33+/m0/s1. The Hall–Kier alpha value is -5.78. The quantitative estimate of drug-likeness (QED) is 0.127. The second-order valence-electron chi connectivity index (χ2n) is 17.0. The lowest BCUT2D eigenvalue weighted by molar-refractivity contribution is -0.144. The van der Waals surface area contributed by atoms with Gasteiger partial charge in [-0.3, -0.25) is 43.2 Å². The lowest BCUT2D eigenvalue weighted by atomic mass is 9.93. The van der Waals surface area contributed by atoms with E-state index >= 15 is 0 Å². The third-order valence-electron chi connectivity index (χ3n) is 11.9. The molecule has 1 aromatic heterocycles. The monoisotopic (exact) mass is 914 g/mol. The molecule has 3 aliphatic heterocycles. The van der Waals surface area contributed by atoms with Gasteiger partial charge in [0.25, 0.3) is 0 Å². The Morgan fingerprint density at radius 1 is 0.875 bits per heavy atom. The van der Waals surface area contributed by atoms with Crippen molar-refractivity contribution in [1.29, 1.82) is 0 Å². The predicted molar refractivity (Wildman–Crippen MR) is 229 cm³/mol. The Kier molecular flexibility index (Phi) is 16.0. The van der Waals surface area contributed by atoms with Crippen molar-refractivity contribution in [3.05, 3.63) is 29.8 Å². The molecule has 9 amide bonds. The van der Waals surface area contributed by atoms with Gasteiger partial charge in [0.15, 0.2) is 0 Å². The highest BCUT2D eigenvalue weighted by Crippen LogP contribution is 2.40. The number of nitrogens with two attached hydrogens (primary N) is 1. The third kappa shape index (κ3) is 11.5. The lowest BCUT2D eigenvalue weighted by Gasteiger charge is -2.36. The summed E-state index contributed by atoms with van der Waals surface area (Å²) in [6.45, 7) is 5.41. The molecular formula is C41H58N10O12S. The maximum atomic E-state index is 14.6. The van der Waals surface area contributed by atoms with Gasteiger partial charge in [0, 0.05) is 41.0 Å². The Morgan fingerprint density at radius 2 is 1.53 bits per heavy atom. The molecule has 5 rings (SSSR count). The van der Waals surface area contributed by atoms with Crippen LogP contribution in [0.5, 0.6) is 0 Å². The molecule has 0 radical (unpaired) electrons. The average molecular weight is 915 g/mol. The fourth-order valence-electron chi connectivity index (χ4n) is 7.96. The number of aromatic amines is 1. The van der Waals surface area contributed by atoms with E-state index in [2.05, 4.69) is 42.2 Å². The summed E-state index contributed by atoms with van der Waals surface area (Å²) in [7, 11) is 0. The number of hydrogen-bond donors (Lipinski definition) is 12. The molecule has 1 saturated heterocycles. The van der Waals surface area contributed by atoms with Gasteiger partial charge in [-0.15, -0.1) is 0 Å². The summed E-state index contributed by atoms with van der Waals surface area (Å²) in [5.41, 5.74) is 6.57. The Balaban J connectivity index is 1.74. The first-order chi connectivity index (χ1) is 30.1. The number of H-pyrrole nitrogens is 1. The molecular weight excluding hydrogens is 857 g/mol. The molecule has 1 aromatic carbocycles. The number of nitrogens with zero attached hydrogens (tertiary/aromatic N) is 1. The Bertz CT molecular complexity index is 2150. The van der Waals surface area contributed by atoms with E-state index in [1.54, 1.807) is 52.0 Å². The molecule has 2 aromatic rings. The van der Waals surface area contributed by atoms with Crippen LogP contribution in [0.2, 0.25) is 0 Å². The maximum Gasteiger partial charge on any atom is 0.246 e. The number of nitrogens with one attached hydrogen (secondary N) is 8. The molecule has 10 atom stereocenters. The van der Waals surface area contributed by atoms with E-state index in [1.807, 2.05) is 0 Å². The average Bonchev–Trinajstić information content (AvgIpc) is 3.81. The minimum absolute atomic E-state index is 0.280. The zero-order chi connectivity index (χ0) is 47.2. The van der Waals surface area contributed by atoms with E-state index in [9.17, 15) is 58.5 Å². The number of hydrogen-bond acceptors (Lipinski definition) is 13. The second kappa shape index (κ2) is 20.8. The maximum absolute atomic E-state index is 14.6. The van der Waals surface area contributed by atoms with Gasteiger partial charge in [-0.05, 0) is 31.4 Å². The molecule has 1 fully saturated rings. The van der Waals surface area contributed by atoms with Crippen molar-refractivity contribution in [1.82, 2.24) is 47.1 Å². The largest absolute Gasteiger partial charge is 0.394 e. The number of aliphatic hydroxyl groups is 3. The van der Waals surface area contributed by atoms with Crippen LogP contribution in [0, 0.1) is 11.8 Å². The SMILES string of the molecule is CC[C@H](C)[C@@H]1NC(=O)CNC(=O)[C@@H]2Cc3c([nH]c4ccccc34)SC(C)(C)[C@H](NC(=O)CNC1=O)C(=O)N[C@@H](CC(N)=O)C(=O)N1C[C@H](O)C[C@H]1C(=O)N[C@@H]([C@@H](C)[C@@H](O)CO)C(=O)N2. The topological polar surface area (TPSA) is 344 Å². The molecule has 3 aliphatic rings. The molecule has 2 bridgehead atoms. The van der Waals surface area contributed by atoms with Crippen LogP contribution >= 0.6 is 11.8 Å². The number of carbonyl (C=O) groups is 9. The summed E-state index contributed by atoms with van der Waals surface area (Å²) in [6, 6.07) is -2.24. The highest BCUT2D eigenvalue weighted by molar-refractivity contribution is 8.00. The van der Waals surface area contributed by atoms with Crippen molar-refractivity contribution in [3.8, 4) is 0 Å². The van der Waals surface area contributed by atoms with Crippen LogP contribution in [0.15, 0.2) is 29.3 Å². The van der Waals surface area contributed by atoms with Crippen LogP contribution in [0.25, 0.3) is 10.9 Å². The molecule has 22 nitrogen and oxygen atoms in total. The minimum atomic E-state index is -1.74. The van der Waals surface area contributed by atoms with E-state index in [4.69, 9.17) is 5.73 Å². The van der Waals surface area contributed by atoms with Crippen LogP contribution < -0.4 is 43.0 Å². The normalized spacial score (nSPS) is 28.2. The predicted octanol–water partition coefficient (Wildman–Crippen LogP) is -3.86. The first-order valence-electron chi connectivity index (χ1n) is 21.0. The van der Waals surface area contributed by atoms with Crippen molar-refractivity contribution < 1.29 is 58.5 Å². The number of carbonyl (C=O) groups excluding carboxylic acids is 9. The third-order valence-corrected chi connectivity index (χ3v) is 13.2. The van der Waals surface area contributed by atoms with E-state index in [0.29, 0.717) is 27.9 Å². The zero-order valence-corrected chi connectivity index (χ0v) is 37.0. The number of aromatic nitrogens is 1. The van der Waals surface area contributed by atoms with E-state index in [0.717, 1.165) is 16.7 Å². The van der Waals surface area contributed by atoms with Crippen molar-refractivity contribution >= 4 is 75.8 Å². The molecule has 0 aliphatic carbocycles. The summed E-state index contributed by atoms with van der Waals surface area (Å²) in [5.74, 6) is -9.98. The van der Waals surface area contributed by atoms with Crippen LogP contribution in [-0.4, -0.2) is 158 Å². The molecule has 4 heterocycles. The molecule has 0 unspecified atom stereocenters. The van der Waals surface area contributed by atoms with E-state index in [-0.39, 0.29) is 12.8 Å². The highest BCUT2D eigenvalue weighted by Gasteiger charge is 2.46. The van der Waals surface area contributed by atoms with Gasteiger partial charge in [0.05, 0.1) is 43.4 Å². The summed E-state index contributed by atoms with van der Waals surface area (Å²) in [5, 5.41) is 50.3. The van der Waals surface area contributed by atoms with Crippen molar-refractivity contribution in [2.45, 2.75) is 119 Å². The number of benzene rings is 1. The van der Waals surface area contributed by atoms with Crippen molar-refractivity contribution in [2.75, 3.05) is 26.2 Å². The summed E-state index contributed by atoms with van der Waals surface area (Å²) in [4.78, 5) is 129. The number of thioether (sulfide) groups is 1. The second-order valence-corrected chi connectivity index (χ2v) is 18.7. The first kappa shape index (κ1) is 49.2. The van der Waals surface area contributed by atoms with Crippen LogP contribution in [-0.2, 0) is 49.6 Å². The summed E-state index contributed by atoms with van der Waals surface area (Å²) >= 11 is 1.05. The van der Waals surface area contributed by atoms with Gasteiger partial charge in [-0.1, -0.05) is 57.2 Å². The summed E-state index contributed by atoms with van der Waals surface area (Å²) in [6.07, 6.45) is -3.89. The van der Waals surface area contributed by atoms with Crippen molar-refractivity contribution in [3.63, 3.8) is 0 Å². The van der Waals surface area contributed by atoms with Gasteiger partial charge in [0.1, 0.15) is 36.3 Å². The molecule has 0 saturated carbocycles. The minimum Gasteiger partial charge on any atom is -0.394 e. The summed E-state index contributed by atoms with van der Waals surface area (Å²) < 4.78 is -1.39. The number of primary amides is 1. The fourth-order valence-corrected chi connectivity index (χ4v) is 9.25. The number of rotatable bonds is 7. The Morgan fingerprint density at radius 3 is 2.19 bits per heavy atom. The molecule has 0 spiro atoms. The van der Waals surface area contributed by atoms with E-state index < -0.39 is 151 Å². The van der Waals surface area contributed by atoms with Gasteiger partial charge >= 0.3 is 0 Å². The van der Waals surface area contributed by atoms with Crippen LogP contribution in [0.3, 0.4) is 0 Å². The Labute approximate surface area is 372 Å². The van der Waals surface area contributed by atoms with Crippen LogP contribution in [0.4, 0.5) is 0 Å². The molecule has 13 N–H and O–H groups in total. The smallest absolute Gasteiger partial charge is 0.246 e. The van der Waals surface area contributed by atoms with Gasteiger partial charge in [-0.2, -0.15) is 0 Å². The van der Waals surface area contributed by atoms with E-state index in [1.165, 1.54) is 6.92 Å². The van der Waals surface area contributed by atoms with Crippen LogP contribution in [0.1, 0.15) is 59.4 Å². The van der Waals surface area contributed by atoms with Gasteiger partial charge < -0.3 is 68.2 Å². The molecule has 350 valence electrons. The molecule has 64 heavy (non-hydrogen) atoms. The van der Waals surface area contributed by atoms with Crippen molar-refractivity contribution in [2.24, 2.45) is 17.6 Å².